The zero-order valence-electron chi connectivity index (χ0n) is 12.4. The first-order valence-electron chi connectivity index (χ1n) is 6.94. The lowest BCUT2D eigenvalue weighted by molar-refractivity contribution is 0.268. The van der Waals surface area contributed by atoms with Crippen molar-refractivity contribution in [3.63, 3.8) is 0 Å². The summed E-state index contributed by atoms with van der Waals surface area (Å²) in [6.45, 7) is 8.01. The van der Waals surface area contributed by atoms with Crippen LogP contribution in [0.4, 0.5) is 5.82 Å². The molecule has 0 saturated heterocycles. The molecule has 0 amide bonds. The second-order valence-electron chi connectivity index (χ2n) is 4.87. The molecule has 1 rings (SSSR count). The van der Waals surface area contributed by atoms with Gasteiger partial charge in [-0.05, 0) is 25.2 Å². The van der Waals surface area contributed by atoms with E-state index in [4.69, 9.17) is 9.47 Å². The Balaban J connectivity index is 2.61. The van der Waals surface area contributed by atoms with Crippen molar-refractivity contribution >= 4 is 5.82 Å². The summed E-state index contributed by atoms with van der Waals surface area (Å²) in [4.78, 5) is 8.31. The number of methoxy groups -OCH3 is 1. The zero-order valence-corrected chi connectivity index (χ0v) is 12.4. The molecule has 1 aromatic heterocycles. The van der Waals surface area contributed by atoms with Gasteiger partial charge in [0.1, 0.15) is 6.33 Å². The lowest BCUT2D eigenvalue weighted by atomic mass is 10.1. The molecule has 19 heavy (non-hydrogen) atoms. The van der Waals surface area contributed by atoms with Crippen molar-refractivity contribution in [1.82, 2.24) is 9.97 Å². The van der Waals surface area contributed by atoms with E-state index in [1.54, 1.807) is 7.11 Å². The number of ether oxygens (including phenoxy) is 2. The first-order chi connectivity index (χ1) is 9.19. The van der Waals surface area contributed by atoms with Crippen LogP contribution in [-0.4, -0.2) is 30.2 Å². The van der Waals surface area contributed by atoms with Crippen molar-refractivity contribution < 1.29 is 9.47 Å². The molecule has 0 bridgehead atoms. The summed E-state index contributed by atoms with van der Waals surface area (Å²) in [5, 5.41) is 3.21. The maximum absolute atomic E-state index is 5.68. The SMILES string of the molecule is CCCNc1ncnc(OCCCC(C)C)c1OC. The number of hydrogen-bond acceptors (Lipinski definition) is 5. The van der Waals surface area contributed by atoms with Crippen molar-refractivity contribution in [2.75, 3.05) is 25.6 Å². The van der Waals surface area contributed by atoms with E-state index in [1.807, 2.05) is 0 Å². The number of nitrogens with zero attached hydrogens (tertiary/aromatic N) is 2. The molecule has 0 unspecified atom stereocenters. The Hall–Kier alpha value is -1.52. The third kappa shape index (κ3) is 5.32. The number of aromatic nitrogens is 2. The molecule has 0 radical (unpaired) electrons. The molecule has 1 N–H and O–H groups in total. The number of nitrogens with one attached hydrogen (secondary N) is 1. The van der Waals surface area contributed by atoms with E-state index in [2.05, 4.69) is 36.1 Å². The molecule has 0 aliphatic heterocycles. The summed E-state index contributed by atoms with van der Waals surface area (Å²) in [7, 11) is 1.61. The fourth-order valence-corrected chi connectivity index (χ4v) is 1.67. The zero-order chi connectivity index (χ0) is 14.1. The van der Waals surface area contributed by atoms with Crippen LogP contribution in [0.2, 0.25) is 0 Å². The number of hydrogen-bond donors (Lipinski definition) is 1. The molecule has 0 spiro atoms. The van der Waals surface area contributed by atoms with Crippen LogP contribution in [0, 0.1) is 5.92 Å². The van der Waals surface area contributed by atoms with E-state index in [-0.39, 0.29) is 0 Å². The predicted molar refractivity (Wildman–Crippen MR) is 76.9 cm³/mol. The summed E-state index contributed by atoms with van der Waals surface area (Å²) < 4.78 is 11.0. The fourth-order valence-electron chi connectivity index (χ4n) is 1.67. The highest BCUT2D eigenvalue weighted by Gasteiger charge is 2.12. The Kier molecular flexibility index (Phi) is 7.00. The average molecular weight is 267 g/mol. The minimum atomic E-state index is 0.514. The summed E-state index contributed by atoms with van der Waals surface area (Å²) in [6, 6.07) is 0. The summed E-state index contributed by atoms with van der Waals surface area (Å²) >= 11 is 0. The van der Waals surface area contributed by atoms with E-state index < -0.39 is 0 Å². The molecule has 1 aromatic rings. The molecule has 0 aliphatic rings. The molecular weight excluding hydrogens is 242 g/mol. The smallest absolute Gasteiger partial charge is 0.262 e. The molecular formula is C14H25N3O2. The van der Waals surface area contributed by atoms with Gasteiger partial charge in [-0.2, -0.15) is 4.98 Å². The molecule has 0 aliphatic carbocycles. The lowest BCUT2D eigenvalue weighted by Gasteiger charge is -2.13. The van der Waals surface area contributed by atoms with Gasteiger partial charge in [-0.15, -0.1) is 0 Å². The Morgan fingerprint density at radius 3 is 2.74 bits per heavy atom. The van der Waals surface area contributed by atoms with Gasteiger partial charge in [0.2, 0.25) is 5.75 Å². The maximum atomic E-state index is 5.68. The van der Waals surface area contributed by atoms with Gasteiger partial charge in [-0.1, -0.05) is 20.8 Å². The minimum absolute atomic E-state index is 0.514. The van der Waals surface area contributed by atoms with E-state index in [9.17, 15) is 0 Å². The van der Waals surface area contributed by atoms with Crippen LogP contribution < -0.4 is 14.8 Å². The standard InChI is InChI=1S/C14H25N3O2/c1-5-8-15-13-12(18-4)14(17-10-16-13)19-9-6-7-11(2)3/h10-11H,5-9H2,1-4H3,(H,15,16,17). The Bertz CT molecular complexity index is 370. The lowest BCUT2D eigenvalue weighted by Crippen LogP contribution is -2.08. The summed E-state index contributed by atoms with van der Waals surface area (Å²) in [5.74, 6) is 2.48. The largest absolute Gasteiger partial charge is 0.489 e. The normalized spacial score (nSPS) is 10.6. The molecule has 1 heterocycles. The molecule has 108 valence electrons. The Morgan fingerprint density at radius 2 is 2.11 bits per heavy atom. The third-order valence-corrected chi connectivity index (χ3v) is 2.68. The quantitative estimate of drug-likeness (QED) is 0.697. The van der Waals surface area contributed by atoms with Crippen LogP contribution in [0.25, 0.3) is 0 Å². The van der Waals surface area contributed by atoms with E-state index in [1.165, 1.54) is 6.33 Å². The molecule has 0 fully saturated rings. The van der Waals surface area contributed by atoms with Gasteiger partial charge in [-0.25, -0.2) is 4.98 Å². The van der Waals surface area contributed by atoms with Gasteiger partial charge in [0.25, 0.3) is 5.88 Å². The maximum Gasteiger partial charge on any atom is 0.262 e. The van der Waals surface area contributed by atoms with Crippen molar-refractivity contribution in [2.24, 2.45) is 5.92 Å². The van der Waals surface area contributed by atoms with E-state index in [0.29, 0.717) is 30.0 Å². The van der Waals surface area contributed by atoms with Crippen LogP contribution in [0.1, 0.15) is 40.0 Å². The van der Waals surface area contributed by atoms with Gasteiger partial charge in [0, 0.05) is 6.54 Å². The number of rotatable bonds is 9. The molecule has 0 saturated carbocycles. The Labute approximate surface area is 115 Å². The monoisotopic (exact) mass is 267 g/mol. The second kappa shape index (κ2) is 8.56. The van der Waals surface area contributed by atoms with Gasteiger partial charge >= 0.3 is 0 Å². The van der Waals surface area contributed by atoms with Gasteiger partial charge < -0.3 is 14.8 Å². The third-order valence-electron chi connectivity index (χ3n) is 2.68. The molecule has 5 heteroatoms. The second-order valence-corrected chi connectivity index (χ2v) is 4.87. The first kappa shape index (κ1) is 15.5. The van der Waals surface area contributed by atoms with Crippen LogP contribution in [-0.2, 0) is 0 Å². The number of anilines is 1. The average Bonchev–Trinajstić information content (AvgIpc) is 2.41. The van der Waals surface area contributed by atoms with Crippen LogP contribution in [0.5, 0.6) is 11.6 Å². The molecule has 0 aromatic carbocycles. The Morgan fingerprint density at radius 1 is 1.32 bits per heavy atom. The summed E-state index contributed by atoms with van der Waals surface area (Å²) in [6.07, 6.45) is 4.69. The van der Waals surface area contributed by atoms with Crippen LogP contribution >= 0.6 is 0 Å². The highest BCUT2D eigenvalue weighted by Crippen LogP contribution is 2.30. The highest BCUT2D eigenvalue weighted by atomic mass is 16.5. The first-order valence-corrected chi connectivity index (χ1v) is 6.94. The van der Waals surface area contributed by atoms with Crippen molar-refractivity contribution in [2.45, 2.75) is 40.0 Å². The summed E-state index contributed by atoms with van der Waals surface area (Å²) in [5.41, 5.74) is 0. The minimum Gasteiger partial charge on any atom is -0.489 e. The van der Waals surface area contributed by atoms with Crippen molar-refractivity contribution in [1.29, 1.82) is 0 Å². The molecule has 5 nitrogen and oxygen atoms in total. The highest BCUT2D eigenvalue weighted by molar-refractivity contribution is 5.54. The van der Waals surface area contributed by atoms with Crippen molar-refractivity contribution in [3.8, 4) is 11.6 Å². The van der Waals surface area contributed by atoms with E-state index >= 15 is 0 Å². The van der Waals surface area contributed by atoms with Gasteiger partial charge in [-0.3, -0.25) is 0 Å². The van der Waals surface area contributed by atoms with E-state index in [0.717, 1.165) is 25.8 Å². The van der Waals surface area contributed by atoms with Crippen LogP contribution in [0.3, 0.4) is 0 Å². The predicted octanol–water partition coefficient (Wildman–Crippen LogP) is 3.12. The van der Waals surface area contributed by atoms with Gasteiger partial charge in [0.05, 0.1) is 13.7 Å². The van der Waals surface area contributed by atoms with Gasteiger partial charge in [0.15, 0.2) is 5.82 Å². The fraction of sp³-hybridized carbons (Fsp3) is 0.714. The van der Waals surface area contributed by atoms with Crippen molar-refractivity contribution in [3.05, 3.63) is 6.33 Å². The van der Waals surface area contributed by atoms with Crippen LogP contribution in [0.15, 0.2) is 6.33 Å². The topological polar surface area (TPSA) is 56.3 Å². The molecule has 0 atom stereocenters.